The summed E-state index contributed by atoms with van der Waals surface area (Å²) in [7, 11) is 0. The summed E-state index contributed by atoms with van der Waals surface area (Å²) in [6.07, 6.45) is -1.85. The average molecular weight is 177 g/mol. The van der Waals surface area contributed by atoms with Crippen molar-refractivity contribution in [1.82, 2.24) is 4.98 Å². The Hall–Kier alpha value is -1.26. The fraction of sp³-hybridized carbons (Fsp3) is 0.286. The van der Waals surface area contributed by atoms with Crippen LogP contribution in [0.15, 0.2) is 17.1 Å². The maximum atomic E-state index is 12.1. The maximum Gasteiger partial charge on any atom is 0.264 e. The minimum atomic E-state index is -2.81. The molecule has 5 heteroatoms. The molecule has 12 heavy (non-hydrogen) atoms. The zero-order valence-corrected chi connectivity index (χ0v) is 5.98. The molecule has 0 fully saturated rings. The molecule has 1 heterocycles. The summed E-state index contributed by atoms with van der Waals surface area (Å²) in [6, 6.07) is 0.708. The van der Waals surface area contributed by atoms with Gasteiger partial charge in [0.2, 0.25) is 5.56 Å². The third-order valence-electron chi connectivity index (χ3n) is 1.43. The molecule has 0 unspecified atom stereocenters. The second-order valence-corrected chi connectivity index (χ2v) is 2.21. The Kier molecular flexibility index (Phi) is 2.52. The lowest BCUT2D eigenvalue weighted by atomic mass is 10.1. The van der Waals surface area contributed by atoms with Gasteiger partial charge in [-0.25, -0.2) is 13.2 Å². The van der Waals surface area contributed by atoms with Gasteiger partial charge in [-0.2, -0.15) is 0 Å². The molecule has 0 aliphatic heterocycles. The summed E-state index contributed by atoms with van der Waals surface area (Å²) in [4.78, 5) is 12.7. The van der Waals surface area contributed by atoms with Gasteiger partial charge in [-0.05, 0) is 0 Å². The van der Waals surface area contributed by atoms with Gasteiger partial charge in [-0.3, -0.25) is 4.79 Å². The van der Waals surface area contributed by atoms with Crippen molar-refractivity contribution in [1.29, 1.82) is 0 Å². The first-order valence-electron chi connectivity index (χ1n) is 3.20. The molecular formula is C7H6F3NO. The van der Waals surface area contributed by atoms with Crippen LogP contribution in [0, 0.1) is 0 Å². The Morgan fingerprint density at radius 3 is 2.67 bits per heavy atom. The number of hydrogen-bond acceptors (Lipinski definition) is 1. The minimum Gasteiger partial charge on any atom is -0.329 e. The predicted molar refractivity (Wildman–Crippen MR) is 36.8 cm³/mol. The van der Waals surface area contributed by atoms with Crippen LogP contribution in [-0.2, 0) is 6.67 Å². The molecule has 0 aromatic carbocycles. The molecule has 0 bridgehead atoms. The summed E-state index contributed by atoms with van der Waals surface area (Å²) in [5.41, 5.74) is -1.37. The standard InChI is InChI=1S/C7H6F3NO/c8-2-4-3-11-6(12)1-5(4)7(9)10/h1,3,7H,2H2,(H,11,12). The van der Waals surface area contributed by atoms with E-state index in [4.69, 9.17) is 0 Å². The van der Waals surface area contributed by atoms with E-state index in [9.17, 15) is 18.0 Å². The van der Waals surface area contributed by atoms with Crippen molar-refractivity contribution in [2.75, 3.05) is 0 Å². The molecule has 0 radical (unpaired) electrons. The molecular weight excluding hydrogens is 171 g/mol. The van der Waals surface area contributed by atoms with E-state index in [1.54, 1.807) is 0 Å². The number of H-pyrrole nitrogens is 1. The minimum absolute atomic E-state index is 0.176. The predicted octanol–water partition coefficient (Wildman–Crippen LogP) is 1.78. The smallest absolute Gasteiger partial charge is 0.264 e. The van der Waals surface area contributed by atoms with Crippen molar-refractivity contribution in [3.8, 4) is 0 Å². The van der Waals surface area contributed by atoms with Crippen LogP contribution in [0.25, 0.3) is 0 Å². The van der Waals surface area contributed by atoms with Crippen LogP contribution in [0.1, 0.15) is 17.6 Å². The van der Waals surface area contributed by atoms with E-state index in [1.807, 2.05) is 0 Å². The van der Waals surface area contributed by atoms with Crippen LogP contribution in [-0.4, -0.2) is 4.98 Å². The Bertz CT molecular complexity index is 321. The molecule has 0 spiro atoms. The van der Waals surface area contributed by atoms with Crippen molar-refractivity contribution >= 4 is 0 Å². The van der Waals surface area contributed by atoms with Gasteiger partial charge in [-0.1, -0.05) is 0 Å². The molecule has 0 aliphatic rings. The largest absolute Gasteiger partial charge is 0.329 e. The Morgan fingerprint density at radius 2 is 2.17 bits per heavy atom. The molecule has 0 saturated carbocycles. The molecule has 66 valence electrons. The molecule has 0 aliphatic carbocycles. The molecule has 1 aromatic heterocycles. The van der Waals surface area contributed by atoms with E-state index in [1.165, 1.54) is 0 Å². The van der Waals surface area contributed by atoms with E-state index in [0.29, 0.717) is 6.07 Å². The van der Waals surface area contributed by atoms with Crippen LogP contribution in [0.4, 0.5) is 13.2 Å². The maximum absolute atomic E-state index is 12.1. The van der Waals surface area contributed by atoms with Crippen molar-refractivity contribution in [3.63, 3.8) is 0 Å². The van der Waals surface area contributed by atoms with Crippen LogP contribution in [0.2, 0.25) is 0 Å². The molecule has 2 nitrogen and oxygen atoms in total. The second-order valence-electron chi connectivity index (χ2n) is 2.21. The lowest BCUT2D eigenvalue weighted by Gasteiger charge is -2.02. The van der Waals surface area contributed by atoms with Gasteiger partial charge < -0.3 is 4.98 Å². The Morgan fingerprint density at radius 1 is 1.50 bits per heavy atom. The Balaban J connectivity index is 3.21. The second kappa shape index (κ2) is 3.42. The first-order valence-corrected chi connectivity index (χ1v) is 3.20. The van der Waals surface area contributed by atoms with E-state index < -0.39 is 24.2 Å². The highest BCUT2D eigenvalue weighted by Gasteiger charge is 2.12. The summed E-state index contributed by atoms with van der Waals surface area (Å²) in [6.45, 7) is -1.00. The zero-order valence-electron chi connectivity index (χ0n) is 5.98. The van der Waals surface area contributed by atoms with Gasteiger partial charge in [0.15, 0.2) is 0 Å². The Labute approximate surface area is 66.0 Å². The summed E-state index contributed by atoms with van der Waals surface area (Å²) < 4.78 is 36.2. The zero-order chi connectivity index (χ0) is 9.14. The highest BCUT2D eigenvalue weighted by atomic mass is 19.3. The third kappa shape index (κ3) is 1.66. The number of hydrogen-bond donors (Lipinski definition) is 1. The lowest BCUT2D eigenvalue weighted by Crippen LogP contribution is -2.07. The van der Waals surface area contributed by atoms with Crippen LogP contribution in [0.3, 0.4) is 0 Å². The first-order chi connectivity index (χ1) is 5.65. The number of aromatic nitrogens is 1. The molecule has 1 N–H and O–H groups in total. The van der Waals surface area contributed by atoms with Gasteiger partial charge in [-0.15, -0.1) is 0 Å². The van der Waals surface area contributed by atoms with E-state index in [-0.39, 0.29) is 5.56 Å². The molecule has 0 atom stereocenters. The number of aromatic amines is 1. The molecule has 1 aromatic rings. The third-order valence-corrected chi connectivity index (χ3v) is 1.43. The average Bonchev–Trinajstić information content (AvgIpc) is 2.04. The first kappa shape index (κ1) is 8.83. The number of pyridine rings is 1. The molecule has 0 saturated heterocycles. The van der Waals surface area contributed by atoms with Gasteiger partial charge in [0.05, 0.1) is 0 Å². The van der Waals surface area contributed by atoms with Gasteiger partial charge in [0.1, 0.15) is 6.67 Å². The topological polar surface area (TPSA) is 32.9 Å². The van der Waals surface area contributed by atoms with Crippen molar-refractivity contribution < 1.29 is 13.2 Å². The lowest BCUT2D eigenvalue weighted by molar-refractivity contribution is 0.149. The summed E-state index contributed by atoms with van der Waals surface area (Å²) >= 11 is 0. The SMILES string of the molecule is O=c1cc(C(F)F)c(CF)c[nH]1. The normalized spacial score (nSPS) is 10.7. The number of alkyl halides is 3. The van der Waals surface area contributed by atoms with E-state index in [0.717, 1.165) is 6.20 Å². The van der Waals surface area contributed by atoms with Crippen molar-refractivity contribution in [2.24, 2.45) is 0 Å². The monoisotopic (exact) mass is 177 g/mol. The van der Waals surface area contributed by atoms with Crippen molar-refractivity contribution in [3.05, 3.63) is 33.7 Å². The van der Waals surface area contributed by atoms with Gasteiger partial charge in [0, 0.05) is 23.4 Å². The summed E-state index contributed by atoms with van der Waals surface area (Å²) in [5, 5.41) is 0. The highest BCUT2D eigenvalue weighted by Crippen LogP contribution is 2.20. The fourth-order valence-electron chi connectivity index (χ4n) is 0.836. The van der Waals surface area contributed by atoms with Crippen LogP contribution < -0.4 is 5.56 Å². The number of nitrogens with one attached hydrogen (secondary N) is 1. The molecule has 0 amide bonds. The number of halogens is 3. The van der Waals surface area contributed by atoms with Crippen LogP contribution >= 0.6 is 0 Å². The van der Waals surface area contributed by atoms with Crippen molar-refractivity contribution in [2.45, 2.75) is 13.1 Å². The summed E-state index contributed by atoms with van der Waals surface area (Å²) in [5.74, 6) is 0. The van der Waals surface area contributed by atoms with E-state index in [2.05, 4.69) is 4.98 Å². The molecule has 1 rings (SSSR count). The highest BCUT2D eigenvalue weighted by molar-refractivity contribution is 5.23. The van der Waals surface area contributed by atoms with Gasteiger partial charge >= 0.3 is 0 Å². The fourth-order valence-corrected chi connectivity index (χ4v) is 0.836. The number of rotatable bonds is 2. The van der Waals surface area contributed by atoms with E-state index >= 15 is 0 Å². The quantitative estimate of drug-likeness (QED) is 0.733. The van der Waals surface area contributed by atoms with Crippen LogP contribution in [0.5, 0.6) is 0 Å². The van der Waals surface area contributed by atoms with Gasteiger partial charge in [0.25, 0.3) is 6.43 Å².